The van der Waals surface area contributed by atoms with E-state index in [9.17, 15) is 8.42 Å². The molecular weight excluding hydrogens is 248 g/mol. The highest BCUT2D eigenvalue weighted by Crippen LogP contribution is 2.16. The molecule has 1 aromatic carbocycles. The Hall–Kier alpha value is -0.910. The first-order valence-corrected chi connectivity index (χ1v) is 7.51. The SMILES string of the molecule is CNCc1ccc(S(=O)(=O)N(C)CC(C)C)cc1. The second-order valence-corrected chi connectivity index (χ2v) is 6.90. The number of hydrogen-bond acceptors (Lipinski definition) is 3. The summed E-state index contributed by atoms with van der Waals surface area (Å²) >= 11 is 0. The van der Waals surface area contributed by atoms with Crippen molar-refractivity contribution in [3.8, 4) is 0 Å². The molecule has 5 heteroatoms. The van der Waals surface area contributed by atoms with Crippen molar-refractivity contribution in [3.63, 3.8) is 0 Å². The van der Waals surface area contributed by atoms with E-state index in [1.165, 1.54) is 4.31 Å². The molecule has 0 bridgehead atoms. The van der Waals surface area contributed by atoms with Crippen molar-refractivity contribution in [3.05, 3.63) is 29.8 Å². The summed E-state index contributed by atoms with van der Waals surface area (Å²) in [5.74, 6) is 0.313. The van der Waals surface area contributed by atoms with Crippen LogP contribution in [0.15, 0.2) is 29.2 Å². The number of nitrogens with one attached hydrogen (secondary N) is 1. The molecule has 1 aromatic rings. The van der Waals surface area contributed by atoms with Crippen LogP contribution < -0.4 is 5.32 Å². The van der Waals surface area contributed by atoms with Gasteiger partial charge < -0.3 is 5.32 Å². The molecular formula is C13H22N2O2S. The lowest BCUT2D eigenvalue weighted by atomic mass is 10.2. The van der Waals surface area contributed by atoms with Crippen molar-refractivity contribution < 1.29 is 8.42 Å². The fourth-order valence-electron chi connectivity index (χ4n) is 1.78. The van der Waals surface area contributed by atoms with Gasteiger partial charge in [-0.05, 0) is 30.7 Å². The molecule has 0 spiro atoms. The zero-order valence-electron chi connectivity index (χ0n) is 11.5. The fraction of sp³-hybridized carbons (Fsp3) is 0.538. The van der Waals surface area contributed by atoms with Crippen LogP contribution >= 0.6 is 0 Å². The highest BCUT2D eigenvalue weighted by molar-refractivity contribution is 7.89. The minimum atomic E-state index is -3.35. The summed E-state index contributed by atoms with van der Waals surface area (Å²) in [6.45, 7) is 5.27. The van der Waals surface area contributed by atoms with Gasteiger partial charge >= 0.3 is 0 Å². The first-order valence-electron chi connectivity index (χ1n) is 6.07. The number of hydrogen-bond donors (Lipinski definition) is 1. The first kappa shape index (κ1) is 15.1. The minimum Gasteiger partial charge on any atom is -0.316 e. The molecule has 18 heavy (non-hydrogen) atoms. The predicted octanol–water partition coefficient (Wildman–Crippen LogP) is 1.68. The summed E-state index contributed by atoms with van der Waals surface area (Å²) in [6.07, 6.45) is 0. The summed E-state index contributed by atoms with van der Waals surface area (Å²) in [4.78, 5) is 0.352. The molecule has 4 nitrogen and oxygen atoms in total. The maximum atomic E-state index is 12.2. The highest BCUT2D eigenvalue weighted by atomic mass is 32.2. The summed E-state index contributed by atoms with van der Waals surface area (Å²) in [5, 5.41) is 3.03. The summed E-state index contributed by atoms with van der Waals surface area (Å²) < 4.78 is 25.9. The zero-order chi connectivity index (χ0) is 13.8. The van der Waals surface area contributed by atoms with Crippen molar-refractivity contribution in [1.82, 2.24) is 9.62 Å². The van der Waals surface area contributed by atoms with Crippen LogP contribution in [-0.2, 0) is 16.6 Å². The number of benzene rings is 1. The molecule has 0 unspecified atom stereocenters. The van der Waals surface area contributed by atoms with Gasteiger partial charge in [-0.25, -0.2) is 12.7 Å². The molecule has 0 aliphatic rings. The van der Waals surface area contributed by atoms with Crippen LogP contribution in [0.2, 0.25) is 0 Å². The van der Waals surface area contributed by atoms with Gasteiger partial charge in [-0.1, -0.05) is 26.0 Å². The lowest BCUT2D eigenvalue weighted by Crippen LogP contribution is -2.30. The van der Waals surface area contributed by atoms with E-state index in [0.29, 0.717) is 17.4 Å². The quantitative estimate of drug-likeness (QED) is 0.855. The topological polar surface area (TPSA) is 49.4 Å². The highest BCUT2D eigenvalue weighted by Gasteiger charge is 2.20. The first-order chi connectivity index (χ1) is 8.37. The van der Waals surface area contributed by atoms with Crippen molar-refractivity contribution >= 4 is 10.0 Å². The Morgan fingerprint density at radius 2 is 1.78 bits per heavy atom. The standard InChI is InChI=1S/C13H22N2O2S/c1-11(2)10-15(4)18(16,17)13-7-5-12(6-8-13)9-14-3/h5-8,11,14H,9-10H2,1-4H3. The van der Waals surface area contributed by atoms with E-state index in [0.717, 1.165) is 12.1 Å². The molecule has 0 amide bonds. The lowest BCUT2D eigenvalue weighted by Gasteiger charge is -2.19. The van der Waals surface area contributed by atoms with E-state index in [1.54, 1.807) is 19.2 Å². The van der Waals surface area contributed by atoms with Crippen molar-refractivity contribution in [2.75, 3.05) is 20.6 Å². The van der Waals surface area contributed by atoms with E-state index in [1.807, 2.05) is 33.0 Å². The third-order valence-corrected chi connectivity index (χ3v) is 4.47. The van der Waals surface area contributed by atoms with Crippen LogP contribution in [-0.4, -0.2) is 33.4 Å². The Morgan fingerprint density at radius 3 is 2.22 bits per heavy atom. The summed E-state index contributed by atoms with van der Waals surface area (Å²) in [5.41, 5.74) is 1.07. The van der Waals surface area contributed by atoms with Gasteiger partial charge in [-0.15, -0.1) is 0 Å². The molecule has 0 fully saturated rings. The molecule has 0 saturated carbocycles. The summed E-state index contributed by atoms with van der Waals surface area (Å²) in [6, 6.07) is 7.01. The van der Waals surface area contributed by atoms with E-state index in [2.05, 4.69) is 5.32 Å². The molecule has 0 aliphatic heterocycles. The van der Waals surface area contributed by atoms with Gasteiger partial charge in [-0.2, -0.15) is 0 Å². The molecule has 1 rings (SSSR count). The van der Waals surface area contributed by atoms with Gasteiger partial charge in [-0.3, -0.25) is 0 Å². The van der Waals surface area contributed by atoms with Gasteiger partial charge in [0.1, 0.15) is 0 Å². The van der Waals surface area contributed by atoms with E-state index in [4.69, 9.17) is 0 Å². The number of nitrogens with zero attached hydrogens (tertiary/aromatic N) is 1. The molecule has 0 aliphatic carbocycles. The maximum Gasteiger partial charge on any atom is 0.242 e. The van der Waals surface area contributed by atoms with E-state index >= 15 is 0 Å². The average molecular weight is 270 g/mol. The lowest BCUT2D eigenvalue weighted by molar-refractivity contribution is 0.417. The smallest absolute Gasteiger partial charge is 0.242 e. The van der Waals surface area contributed by atoms with Crippen LogP contribution in [0.5, 0.6) is 0 Å². The van der Waals surface area contributed by atoms with Crippen molar-refractivity contribution in [2.24, 2.45) is 5.92 Å². The molecule has 1 N–H and O–H groups in total. The Bertz CT molecular complexity index is 466. The van der Waals surface area contributed by atoms with Crippen LogP contribution in [0.4, 0.5) is 0 Å². The van der Waals surface area contributed by atoms with Crippen LogP contribution in [0.25, 0.3) is 0 Å². The average Bonchev–Trinajstić information content (AvgIpc) is 2.29. The predicted molar refractivity (Wildman–Crippen MR) is 73.9 cm³/mol. The third kappa shape index (κ3) is 3.80. The summed E-state index contributed by atoms with van der Waals surface area (Å²) in [7, 11) is 0.131. The van der Waals surface area contributed by atoms with Crippen LogP contribution in [0, 0.1) is 5.92 Å². The van der Waals surface area contributed by atoms with E-state index < -0.39 is 10.0 Å². The second kappa shape index (κ2) is 6.31. The monoisotopic (exact) mass is 270 g/mol. The molecule has 0 atom stereocenters. The normalized spacial score (nSPS) is 12.3. The van der Waals surface area contributed by atoms with E-state index in [-0.39, 0.29) is 0 Å². The largest absolute Gasteiger partial charge is 0.316 e. The third-order valence-electron chi connectivity index (χ3n) is 2.63. The second-order valence-electron chi connectivity index (χ2n) is 4.85. The zero-order valence-corrected chi connectivity index (χ0v) is 12.3. The Morgan fingerprint density at radius 1 is 1.22 bits per heavy atom. The van der Waals surface area contributed by atoms with Crippen molar-refractivity contribution in [1.29, 1.82) is 0 Å². The number of rotatable bonds is 6. The van der Waals surface area contributed by atoms with Gasteiger partial charge in [0.2, 0.25) is 10.0 Å². The number of sulfonamides is 1. The molecule has 0 aromatic heterocycles. The molecule has 0 heterocycles. The fourth-order valence-corrected chi connectivity index (χ4v) is 3.11. The Labute approximate surface area is 110 Å². The molecule has 102 valence electrons. The maximum absolute atomic E-state index is 12.2. The van der Waals surface area contributed by atoms with Crippen LogP contribution in [0.3, 0.4) is 0 Å². The van der Waals surface area contributed by atoms with Crippen molar-refractivity contribution in [2.45, 2.75) is 25.3 Å². The Balaban J connectivity index is 2.91. The minimum absolute atomic E-state index is 0.313. The van der Waals surface area contributed by atoms with Gasteiger partial charge in [0.15, 0.2) is 0 Å². The molecule has 0 radical (unpaired) electrons. The van der Waals surface area contributed by atoms with Crippen LogP contribution in [0.1, 0.15) is 19.4 Å². The van der Waals surface area contributed by atoms with Gasteiger partial charge in [0.25, 0.3) is 0 Å². The van der Waals surface area contributed by atoms with Gasteiger partial charge in [0, 0.05) is 20.1 Å². The van der Waals surface area contributed by atoms with Gasteiger partial charge in [0.05, 0.1) is 4.90 Å². The molecule has 0 saturated heterocycles. The Kier molecular flexibility index (Phi) is 5.31.